The Hall–Kier alpha value is -1.42. The molecule has 0 unspecified atom stereocenters. The van der Waals surface area contributed by atoms with E-state index in [0.717, 1.165) is 42.6 Å². The fraction of sp³-hybridized carbons (Fsp3) is 0.538. The fourth-order valence-corrected chi connectivity index (χ4v) is 2.26. The van der Waals surface area contributed by atoms with Gasteiger partial charge in [-0.2, -0.15) is 0 Å². The second-order valence-corrected chi connectivity index (χ2v) is 4.63. The molecule has 0 spiro atoms. The molecule has 1 aromatic carbocycles. The third kappa shape index (κ3) is 3.27. The van der Waals surface area contributed by atoms with Gasteiger partial charge in [-0.15, -0.1) is 0 Å². The van der Waals surface area contributed by atoms with Gasteiger partial charge >= 0.3 is 0 Å². The SMILES string of the molecule is CNc1cc(N)ccc1NCC1CCNCC1. The predicted octanol–water partition coefficient (Wildman–Crippen LogP) is 1.72. The van der Waals surface area contributed by atoms with E-state index in [1.807, 2.05) is 25.2 Å². The Balaban J connectivity index is 1.93. The first-order valence-corrected chi connectivity index (χ1v) is 6.31. The van der Waals surface area contributed by atoms with Crippen LogP contribution in [-0.2, 0) is 0 Å². The maximum absolute atomic E-state index is 5.77. The highest BCUT2D eigenvalue weighted by molar-refractivity contribution is 5.72. The highest BCUT2D eigenvalue weighted by Gasteiger charge is 2.13. The van der Waals surface area contributed by atoms with E-state index in [4.69, 9.17) is 5.73 Å². The van der Waals surface area contributed by atoms with Gasteiger partial charge in [0.25, 0.3) is 0 Å². The number of anilines is 3. The average molecular weight is 234 g/mol. The number of benzene rings is 1. The quantitative estimate of drug-likeness (QED) is 0.599. The van der Waals surface area contributed by atoms with E-state index < -0.39 is 0 Å². The lowest BCUT2D eigenvalue weighted by Crippen LogP contribution is -2.31. The Kier molecular flexibility index (Phi) is 4.09. The van der Waals surface area contributed by atoms with Crippen molar-refractivity contribution in [1.82, 2.24) is 5.32 Å². The number of nitrogens with two attached hydrogens (primary N) is 1. The molecular formula is C13H22N4. The van der Waals surface area contributed by atoms with E-state index >= 15 is 0 Å². The standard InChI is InChI=1S/C13H22N4/c1-15-13-8-11(14)2-3-12(13)17-9-10-4-6-16-7-5-10/h2-3,8,10,15-17H,4-7,9,14H2,1H3. The molecule has 0 aliphatic carbocycles. The summed E-state index contributed by atoms with van der Waals surface area (Å²) in [7, 11) is 1.92. The van der Waals surface area contributed by atoms with Gasteiger partial charge in [-0.1, -0.05) is 0 Å². The minimum Gasteiger partial charge on any atom is -0.399 e. The topological polar surface area (TPSA) is 62.1 Å². The summed E-state index contributed by atoms with van der Waals surface area (Å²) in [4.78, 5) is 0. The Bertz CT molecular complexity index is 358. The molecule has 94 valence electrons. The molecule has 0 amide bonds. The summed E-state index contributed by atoms with van der Waals surface area (Å²) in [6.07, 6.45) is 2.52. The van der Waals surface area contributed by atoms with Crippen LogP contribution < -0.4 is 21.7 Å². The number of nitrogens with one attached hydrogen (secondary N) is 3. The van der Waals surface area contributed by atoms with Crippen LogP contribution in [0.3, 0.4) is 0 Å². The lowest BCUT2D eigenvalue weighted by molar-refractivity contribution is 0.390. The molecule has 0 atom stereocenters. The molecule has 0 bridgehead atoms. The molecule has 4 nitrogen and oxygen atoms in total. The Morgan fingerprint density at radius 3 is 2.76 bits per heavy atom. The minimum atomic E-state index is 0.776. The minimum absolute atomic E-state index is 0.776. The van der Waals surface area contributed by atoms with Gasteiger partial charge in [0.05, 0.1) is 11.4 Å². The summed E-state index contributed by atoms with van der Waals surface area (Å²) in [5.41, 5.74) is 8.77. The van der Waals surface area contributed by atoms with Crippen molar-refractivity contribution in [2.24, 2.45) is 5.92 Å². The monoisotopic (exact) mass is 234 g/mol. The second kappa shape index (κ2) is 5.77. The molecule has 1 aromatic rings. The van der Waals surface area contributed by atoms with Crippen molar-refractivity contribution >= 4 is 17.1 Å². The lowest BCUT2D eigenvalue weighted by Gasteiger charge is -2.24. The molecule has 0 aromatic heterocycles. The molecule has 0 saturated carbocycles. The van der Waals surface area contributed by atoms with E-state index in [1.54, 1.807) is 0 Å². The molecule has 5 N–H and O–H groups in total. The molecule has 1 aliphatic heterocycles. The van der Waals surface area contributed by atoms with Gasteiger partial charge in [0.2, 0.25) is 0 Å². The second-order valence-electron chi connectivity index (χ2n) is 4.63. The molecule has 0 radical (unpaired) electrons. The molecule has 1 heterocycles. The van der Waals surface area contributed by atoms with Gasteiger partial charge in [0, 0.05) is 19.3 Å². The summed E-state index contributed by atoms with van der Waals surface area (Å²) in [5.74, 6) is 0.776. The fourth-order valence-electron chi connectivity index (χ4n) is 2.26. The van der Waals surface area contributed by atoms with E-state index in [2.05, 4.69) is 16.0 Å². The zero-order valence-electron chi connectivity index (χ0n) is 10.4. The van der Waals surface area contributed by atoms with Crippen LogP contribution in [0.2, 0.25) is 0 Å². The van der Waals surface area contributed by atoms with E-state index in [9.17, 15) is 0 Å². The number of hydrogen-bond donors (Lipinski definition) is 4. The molecule has 1 saturated heterocycles. The van der Waals surface area contributed by atoms with Crippen molar-refractivity contribution in [3.05, 3.63) is 18.2 Å². The molecule has 4 heteroatoms. The van der Waals surface area contributed by atoms with Crippen molar-refractivity contribution in [3.63, 3.8) is 0 Å². The zero-order chi connectivity index (χ0) is 12.1. The molecule has 2 rings (SSSR count). The highest BCUT2D eigenvalue weighted by atomic mass is 14.9. The van der Waals surface area contributed by atoms with E-state index in [1.165, 1.54) is 12.8 Å². The van der Waals surface area contributed by atoms with Crippen molar-refractivity contribution in [3.8, 4) is 0 Å². The van der Waals surface area contributed by atoms with Gasteiger partial charge < -0.3 is 21.7 Å². The third-order valence-corrected chi connectivity index (χ3v) is 3.35. The van der Waals surface area contributed by atoms with Crippen LogP contribution in [0, 0.1) is 5.92 Å². The van der Waals surface area contributed by atoms with Crippen LogP contribution in [0.5, 0.6) is 0 Å². The van der Waals surface area contributed by atoms with Crippen molar-refractivity contribution in [2.45, 2.75) is 12.8 Å². The van der Waals surface area contributed by atoms with Gasteiger partial charge in [-0.05, 0) is 50.0 Å². The van der Waals surface area contributed by atoms with Gasteiger partial charge in [-0.25, -0.2) is 0 Å². The van der Waals surface area contributed by atoms with Crippen LogP contribution in [0.25, 0.3) is 0 Å². The predicted molar refractivity (Wildman–Crippen MR) is 74.5 cm³/mol. The molecule has 17 heavy (non-hydrogen) atoms. The van der Waals surface area contributed by atoms with Gasteiger partial charge in [0.15, 0.2) is 0 Å². The number of nitrogen functional groups attached to an aromatic ring is 1. The van der Waals surface area contributed by atoms with E-state index in [0.29, 0.717) is 0 Å². The maximum atomic E-state index is 5.77. The first-order chi connectivity index (χ1) is 8.29. The van der Waals surface area contributed by atoms with Crippen LogP contribution in [0.1, 0.15) is 12.8 Å². The molecule has 1 aliphatic rings. The Labute approximate surface area is 103 Å². The molecule has 1 fully saturated rings. The average Bonchev–Trinajstić information content (AvgIpc) is 2.38. The smallest absolute Gasteiger partial charge is 0.0594 e. The first kappa shape index (κ1) is 12.0. The van der Waals surface area contributed by atoms with Gasteiger partial charge in [-0.3, -0.25) is 0 Å². The number of hydrogen-bond acceptors (Lipinski definition) is 4. The number of rotatable bonds is 4. The largest absolute Gasteiger partial charge is 0.399 e. The number of piperidine rings is 1. The summed E-state index contributed by atoms with van der Waals surface area (Å²) in [6.45, 7) is 3.33. The van der Waals surface area contributed by atoms with E-state index in [-0.39, 0.29) is 0 Å². The van der Waals surface area contributed by atoms with Crippen LogP contribution in [0.4, 0.5) is 17.1 Å². The van der Waals surface area contributed by atoms with Gasteiger partial charge in [0.1, 0.15) is 0 Å². The van der Waals surface area contributed by atoms with Crippen molar-refractivity contribution in [2.75, 3.05) is 43.0 Å². The zero-order valence-corrected chi connectivity index (χ0v) is 10.4. The first-order valence-electron chi connectivity index (χ1n) is 6.31. The third-order valence-electron chi connectivity index (χ3n) is 3.35. The Morgan fingerprint density at radius 1 is 1.29 bits per heavy atom. The maximum Gasteiger partial charge on any atom is 0.0594 e. The Morgan fingerprint density at radius 2 is 2.06 bits per heavy atom. The summed E-state index contributed by atoms with van der Waals surface area (Å²) < 4.78 is 0. The summed E-state index contributed by atoms with van der Waals surface area (Å²) in [6, 6.07) is 5.94. The van der Waals surface area contributed by atoms with Crippen LogP contribution in [0.15, 0.2) is 18.2 Å². The lowest BCUT2D eigenvalue weighted by atomic mass is 9.98. The normalized spacial score (nSPS) is 16.8. The van der Waals surface area contributed by atoms with Crippen LogP contribution in [-0.4, -0.2) is 26.7 Å². The highest BCUT2D eigenvalue weighted by Crippen LogP contribution is 2.24. The molecular weight excluding hydrogens is 212 g/mol. The summed E-state index contributed by atoms with van der Waals surface area (Å²) in [5, 5.41) is 10.1. The van der Waals surface area contributed by atoms with Crippen LogP contribution >= 0.6 is 0 Å². The summed E-state index contributed by atoms with van der Waals surface area (Å²) >= 11 is 0. The van der Waals surface area contributed by atoms with Crippen molar-refractivity contribution in [1.29, 1.82) is 0 Å². The van der Waals surface area contributed by atoms with Crippen molar-refractivity contribution < 1.29 is 0 Å².